The molecular weight excluding hydrogens is 309 g/mol. The Bertz CT molecular complexity index is 648. The van der Waals surface area contributed by atoms with Crippen molar-refractivity contribution in [2.75, 3.05) is 11.9 Å². The summed E-state index contributed by atoms with van der Waals surface area (Å²) in [7, 11) is 0. The molecule has 0 unspecified atom stereocenters. The number of rotatable bonds is 7. The van der Waals surface area contributed by atoms with E-state index in [4.69, 9.17) is 0 Å². The highest BCUT2D eigenvalue weighted by molar-refractivity contribution is 5.92. The average molecular weight is 325 g/mol. The van der Waals surface area contributed by atoms with Gasteiger partial charge in [0.05, 0.1) is 5.69 Å². The predicted molar refractivity (Wildman–Crippen MR) is 78.6 cm³/mol. The Morgan fingerprint density at radius 3 is 2.52 bits per heavy atom. The summed E-state index contributed by atoms with van der Waals surface area (Å²) in [6, 6.07) is 11.9. The molecule has 1 amide bonds. The molecule has 0 atom stereocenters. The van der Waals surface area contributed by atoms with Gasteiger partial charge in [0.1, 0.15) is 18.1 Å². The van der Waals surface area contributed by atoms with Gasteiger partial charge in [-0.25, -0.2) is 4.39 Å². The molecule has 7 heteroatoms. The molecule has 23 heavy (non-hydrogen) atoms. The Morgan fingerprint density at radius 1 is 1.13 bits per heavy atom. The number of quaternary nitrogens is 1. The lowest BCUT2D eigenvalue weighted by molar-refractivity contribution is -0.659. The third-order valence-corrected chi connectivity index (χ3v) is 3.00. The Morgan fingerprint density at radius 2 is 1.83 bits per heavy atom. The van der Waals surface area contributed by atoms with Crippen molar-refractivity contribution in [1.29, 1.82) is 0 Å². The molecule has 0 aliphatic heterocycles. The first-order chi connectivity index (χ1) is 11.0. The summed E-state index contributed by atoms with van der Waals surface area (Å²) in [4.78, 5) is 11.8. The van der Waals surface area contributed by atoms with Gasteiger partial charge in [-0.15, -0.1) is 0 Å². The largest absolute Gasteiger partial charge is 0.433 e. The molecule has 2 aromatic rings. The van der Waals surface area contributed by atoms with Gasteiger partial charge in [-0.05, 0) is 24.3 Å². The molecule has 0 radical (unpaired) electrons. The van der Waals surface area contributed by atoms with Gasteiger partial charge in [0.2, 0.25) is 0 Å². The zero-order chi connectivity index (χ0) is 16.7. The predicted octanol–water partition coefficient (Wildman–Crippen LogP) is 2.13. The Labute approximate surface area is 131 Å². The van der Waals surface area contributed by atoms with Gasteiger partial charge in [-0.1, -0.05) is 24.3 Å². The van der Waals surface area contributed by atoms with Crippen molar-refractivity contribution in [3.05, 3.63) is 59.9 Å². The van der Waals surface area contributed by atoms with E-state index in [2.05, 4.69) is 10.1 Å². The second kappa shape index (κ2) is 8.19. The zero-order valence-corrected chi connectivity index (χ0v) is 12.1. The van der Waals surface area contributed by atoms with E-state index in [1.807, 2.05) is 0 Å². The fourth-order valence-electron chi connectivity index (χ4n) is 1.96. The number of carbonyl (C=O) groups is 1. The average Bonchev–Trinajstić information content (AvgIpc) is 2.51. The lowest BCUT2D eigenvalue weighted by atomic mass is 10.2. The Kier molecular flexibility index (Phi) is 5.99. The molecule has 0 fully saturated rings. The van der Waals surface area contributed by atoms with Crippen LogP contribution in [0.3, 0.4) is 0 Å². The number of para-hydroxylation sites is 2. The van der Waals surface area contributed by atoms with Crippen LogP contribution in [0.2, 0.25) is 0 Å². The molecule has 3 N–H and O–H groups in total. The van der Waals surface area contributed by atoms with Gasteiger partial charge in [0.25, 0.3) is 5.91 Å². The smallest absolute Gasteiger partial charge is 0.387 e. The summed E-state index contributed by atoms with van der Waals surface area (Å²) in [6.45, 7) is -2.36. The highest BCUT2D eigenvalue weighted by atomic mass is 19.3. The van der Waals surface area contributed by atoms with E-state index in [1.165, 1.54) is 30.3 Å². The van der Waals surface area contributed by atoms with Crippen LogP contribution in [0.15, 0.2) is 48.5 Å². The highest BCUT2D eigenvalue weighted by Gasteiger charge is 2.12. The van der Waals surface area contributed by atoms with Crippen LogP contribution in [0.25, 0.3) is 0 Å². The Hall–Kier alpha value is -2.54. The standard InChI is InChI=1S/C16H15F3N2O2/c17-12-7-5-11(6-8-12)9-20-10-15(22)21-13-3-1-2-4-14(13)23-16(18)19/h1-8,16,20H,9-10H2,(H,21,22)/p+1. The summed E-state index contributed by atoms with van der Waals surface area (Å²) in [5.41, 5.74) is 1.06. The molecule has 0 saturated carbocycles. The number of nitrogens with one attached hydrogen (secondary N) is 1. The SMILES string of the molecule is O=C(C[NH2+]Cc1ccc(F)cc1)Nc1ccccc1OC(F)F. The maximum absolute atomic E-state index is 12.8. The van der Waals surface area contributed by atoms with Crippen LogP contribution in [0.1, 0.15) is 5.56 Å². The van der Waals surface area contributed by atoms with E-state index in [9.17, 15) is 18.0 Å². The maximum Gasteiger partial charge on any atom is 0.387 e. The minimum Gasteiger partial charge on any atom is -0.433 e. The van der Waals surface area contributed by atoms with Crippen LogP contribution in [-0.2, 0) is 11.3 Å². The minimum atomic E-state index is -2.96. The number of amides is 1. The third kappa shape index (κ3) is 5.63. The molecule has 122 valence electrons. The second-order valence-electron chi connectivity index (χ2n) is 4.75. The van der Waals surface area contributed by atoms with Crippen LogP contribution in [0, 0.1) is 5.82 Å². The van der Waals surface area contributed by atoms with E-state index in [0.717, 1.165) is 5.56 Å². The van der Waals surface area contributed by atoms with E-state index in [-0.39, 0.29) is 29.7 Å². The van der Waals surface area contributed by atoms with Gasteiger partial charge in [-0.2, -0.15) is 8.78 Å². The van der Waals surface area contributed by atoms with Gasteiger partial charge in [-0.3, -0.25) is 4.79 Å². The monoisotopic (exact) mass is 325 g/mol. The van der Waals surface area contributed by atoms with Crippen molar-refractivity contribution in [2.24, 2.45) is 0 Å². The summed E-state index contributed by atoms with van der Waals surface area (Å²) >= 11 is 0. The number of anilines is 1. The van der Waals surface area contributed by atoms with E-state index < -0.39 is 6.61 Å². The van der Waals surface area contributed by atoms with Crippen LogP contribution in [0.4, 0.5) is 18.9 Å². The number of hydrogen-bond acceptors (Lipinski definition) is 2. The minimum absolute atomic E-state index is 0.0885. The highest BCUT2D eigenvalue weighted by Crippen LogP contribution is 2.25. The molecule has 4 nitrogen and oxygen atoms in total. The summed E-state index contributed by atoms with van der Waals surface area (Å²) in [5, 5.41) is 4.24. The maximum atomic E-state index is 12.8. The van der Waals surface area contributed by atoms with Crippen LogP contribution < -0.4 is 15.4 Å². The third-order valence-electron chi connectivity index (χ3n) is 3.00. The van der Waals surface area contributed by atoms with Crippen LogP contribution >= 0.6 is 0 Å². The van der Waals surface area contributed by atoms with E-state index in [0.29, 0.717) is 6.54 Å². The fourth-order valence-corrected chi connectivity index (χ4v) is 1.96. The molecule has 0 saturated heterocycles. The lowest BCUT2D eigenvalue weighted by Gasteiger charge is -2.11. The first-order valence-electron chi connectivity index (χ1n) is 6.94. The number of ether oxygens (including phenoxy) is 1. The van der Waals surface area contributed by atoms with E-state index in [1.54, 1.807) is 23.5 Å². The molecule has 0 spiro atoms. The molecule has 0 aromatic heterocycles. The fraction of sp³-hybridized carbons (Fsp3) is 0.188. The first kappa shape index (κ1) is 16.8. The summed E-state index contributed by atoms with van der Waals surface area (Å²) in [6.07, 6.45) is 0. The number of carbonyl (C=O) groups excluding carboxylic acids is 1. The molecule has 0 aliphatic carbocycles. The quantitative estimate of drug-likeness (QED) is 0.819. The molecule has 0 bridgehead atoms. The van der Waals surface area contributed by atoms with Gasteiger partial charge < -0.3 is 15.4 Å². The van der Waals surface area contributed by atoms with Crippen molar-refractivity contribution >= 4 is 11.6 Å². The first-order valence-corrected chi connectivity index (χ1v) is 6.94. The van der Waals surface area contributed by atoms with Gasteiger partial charge >= 0.3 is 6.61 Å². The molecular formula is C16H16F3N2O2+. The van der Waals surface area contributed by atoms with Crippen molar-refractivity contribution < 1.29 is 28.0 Å². The number of nitrogens with two attached hydrogens (primary N) is 1. The number of benzene rings is 2. The topological polar surface area (TPSA) is 54.9 Å². The Balaban J connectivity index is 1.84. The van der Waals surface area contributed by atoms with Crippen molar-refractivity contribution in [3.63, 3.8) is 0 Å². The molecule has 0 aliphatic rings. The van der Waals surface area contributed by atoms with Crippen molar-refractivity contribution in [3.8, 4) is 5.75 Å². The molecule has 0 heterocycles. The number of alkyl halides is 2. The van der Waals surface area contributed by atoms with Crippen LogP contribution in [0.5, 0.6) is 5.75 Å². The normalized spacial score (nSPS) is 10.6. The van der Waals surface area contributed by atoms with Crippen molar-refractivity contribution in [1.82, 2.24) is 0 Å². The molecule has 2 rings (SSSR count). The zero-order valence-electron chi connectivity index (χ0n) is 12.1. The second-order valence-corrected chi connectivity index (χ2v) is 4.75. The summed E-state index contributed by atoms with van der Waals surface area (Å²) in [5.74, 6) is -0.756. The molecule has 2 aromatic carbocycles. The van der Waals surface area contributed by atoms with Crippen molar-refractivity contribution in [2.45, 2.75) is 13.2 Å². The number of hydrogen-bond donors (Lipinski definition) is 2. The lowest BCUT2D eigenvalue weighted by Crippen LogP contribution is -2.84. The van der Waals surface area contributed by atoms with Gasteiger partial charge in [0.15, 0.2) is 6.54 Å². The summed E-state index contributed by atoms with van der Waals surface area (Å²) < 4.78 is 41.7. The van der Waals surface area contributed by atoms with Crippen LogP contribution in [-0.4, -0.2) is 19.1 Å². The number of halogens is 3. The van der Waals surface area contributed by atoms with Gasteiger partial charge in [0, 0.05) is 5.56 Å². The van der Waals surface area contributed by atoms with E-state index >= 15 is 0 Å².